The van der Waals surface area contributed by atoms with E-state index in [9.17, 15) is 4.79 Å². The van der Waals surface area contributed by atoms with E-state index in [2.05, 4.69) is 29.6 Å². The van der Waals surface area contributed by atoms with Gasteiger partial charge < -0.3 is 9.64 Å². The summed E-state index contributed by atoms with van der Waals surface area (Å²) >= 11 is 0. The molecule has 0 aliphatic carbocycles. The van der Waals surface area contributed by atoms with E-state index in [-0.39, 0.29) is 5.54 Å². The first-order chi connectivity index (χ1) is 11.0. The summed E-state index contributed by atoms with van der Waals surface area (Å²) in [5.74, 6) is 0. The van der Waals surface area contributed by atoms with Gasteiger partial charge in [-0.15, -0.1) is 0 Å². The van der Waals surface area contributed by atoms with Crippen LogP contribution in [0.3, 0.4) is 0 Å². The highest BCUT2D eigenvalue weighted by Crippen LogP contribution is 2.38. The summed E-state index contributed by atoms with van der Waals surface area (Å²) in [6.45, 7) is 4.63. The lowest BCUT2D eigenvalue weighted by Crippen LogP contribution is -2.47. The molecule has 23 heavy (non-hydrogen) atoms. The average molecular weight is 310 g/mol. The molecule has 3 rings (SSSR count). The van der Waals surface area contributed by atoms with E-state index in [0.717, 1.165) is 17.7 Å². The maximum atomic E-state index is 10.9. The minimum absolute atomic E-state index is 0.386. The number of hydrogen-bond acceptors (Lipinski definition) is 3. The number of amides is 1. The lowest BCUT2D eigenvalue weighted by Gasteiger charge is -2.32. The molecular formula is C19H22N2O2. The Morgan fingerprint density at radius 1 is 1.04 bits per heavy atom. The third-order valence-electron chi connectivity index (χ3n) is 4.36. The molecule has 1 amide bonds. The molecule has 1 fully saturated rings. The number of anilines is 1. The molecule has 0 radical (unpaired) electrons. The molecule has 1 N–H and O–H groups in total. The Morgan fingerprint density at radius 3 is 2.17 bits per heavy atom. The van der Waals surface area contributed by atoms with Crippen LogP contribution in [-0.4, -0.2) is 25.8 Å². The number of carbonyl (C=O) groups excluding carboxylic acids is 1. The fourth-order valence-corrected chi connectivity index (χ4v) is 3.12. The van der Waals surface area contributed by atoms with Gasteiger partial charge in [0.25, 0.3) is 0 Å². The number of nitrogens with zero attached hydrogens (tertiary/aromatic N) is 1. The maximum absolute atomic E-state index is 10.9. The van der Waals surface area contributed by atoms with Crippen molar-refractivity contribution in [2.75, 3.05) is 18.6 Å². The predicted octanol–water partition coefficient (Wildman–Crippen LogP) is 2.88. The summed E-state index contributed by atoms with van der Waals surface area (Å²) in [4.78, 5) is 12.5. The summed E-state index contributed by atoms with van der Waals surface area (Å²) in [5, 5.41) is 3.63. The van der Waals surface area contributed by atoms with Gasteiger partial charge in [0.2, 0.25) is 6.41 Å². The van der Waals surface area contributed by atoms with Crippen LogP contribution in [0.2, 0.25) is 0 Å². The Kier molecular flexibility index (Phi) is 3.96. The van der Waals surface area contributed by atoms with Crippen LogP contribution in [0.25, 0.3) is 0 Å². The molecule has 1 aliphatic heterocycles. The predicted molar refractivity (Wildman–Crippen MR) is 91.3 cm³/mol. The fraction of sp³-hybridized carbons (Fsp3) is 0.316. The van der Waals surface area contributed by atoms with E-state index >= 15 is 0 Å². The van der Waals surface area contributed by atoms with Crippen LogP contribution in [0.5, 0.6) is 0 Å². The molecule has 0 spiro atoms. The Bertz CT molecular complexity index is 682. The molecule has 2 aromatic rings. The van der Waals surface area contributed by atoms with Gasteiger partial charge in [0.1, 0.15) is 5.72 Å². The minimum Gasteiger partial charge on any atom is -0.359 e. The van der Waals surface area contributed by atoms with Gasteiger partial charge >= 0.3 is 0 Å². The number of nitrogens with one attached hydrogen (secondary N) is 1. The smallest absolute Gasteiger partial charge is 0.213 e. The van der Waals surface area contributed by atoms with Crippen molar-refractivity contribution >= 4 is 12.1 Å². The Balaban J connectivity index is 2.05. The van der Waals surface area contributed by atoms with Gasteiger partial charge in [0.15, 0.2) is 0 Å². The highest BCUT2D eigenvalue weighted by Gasteiger charge is 2.46. The van der Waals surface area contributed by atoms with Crippen molar-refractivity contribution in [3.63, 3.8) is 0 Å². The Morgan fingerprint density at radius 2 is 1.65 bits per heavy atom. The first kappa shape index (κ1) is 15.7. The van der Waals surface area contributed by atoms with Crippen molar-refractivity contribution in [2.45, 2.75) is 25.1 Å². The molecule has 1 saturated heterocycles. The van der Waals surface area contributed by atoms with Crippen molar-refractivity contribution in [2.24, 2.45) is 0 Å². The standard InChI is InChI=1S/C19H22N2O2/c1-18(2)20-19(13-23-18,15-7-5-4-6-8-15)16-9-11-17(12-10-16)21(3)14-22/h4-12,14,20H,13H2,1-3H3. The summed E-state index contributed by atoms with van der Waals surface area (Å²) in [5.41, 5.74) is 2.38. The van der Waals surface area contributed by atoms with Crippen molar-refractivity contribution in [3.8, 4) is 0 Å². The number of ether oxygens (including phenoxy) is 1. The van der Waals surface area contributed by atoms with Gasteiger partial charge in [-0.3, -0.25) is 10.1 Å². The van der Waals surface area contributed by atoms with Crippen LogP contribution in [0, 0.1) is 0 Å². The number of carbonyl (C=O) groups is 1. The highest BCUT2D eigenvalue weighted by molar-refractivity contribution is 5.74. The molecule has 1 heterocycles. The third-order valence-corrected chi connectivity index (χ3v) is 4.36. The monoisotopic (exact) mass is 310 g/mol. The van der Waals surface area contributed by atoms with E-state index in [1.54, 1.807) is 11.9 Å². The number of rotatable bonds is 4. The van der Waals surface area contributed by atoms with Gasteiger partial charge in [-0.25, -0.2) is 0 Å². The van der Waals surface area contributed by atoms with Crippen molar-refractivity contribution < 1.29 is 9.53 Å². The molecule has 120 valence electrons. The first-order valence-electron chi connectivity index (χ1n) is 7.74. The SMILES string of the molecule is CN(C=O)c1ccc(C2(c3ccccc3)COC(C)(C)N2)cc1. The van der Waals surface area contributed by atoms with Crippen LogP contribution >= 0.6 is 0 Å². The van der Waals surface area contributed by atoms with Crippen LogP contribution < -0.4 is 10.2 Å². The van der Waals surface area contributed by atoms with Crippen LogP contribution in [0.4, 0.5) is 5.69 Å². The molecular weight excluding hydrogens is 288 g/mol. The second-order valence-electron chi connectivity index (χ2n) is 6.46. The van der Waals surface area contributed by atoms with Crippen LogP contribution in [0.1, 0.15) is 25.0 Å². The maximum Gasteiger partial charge on any atom is 0.213 e. The number of hydrogen-bond donors (Lipinski definition) is 1. The molecule has 2 aromatic carbocycles. The van der Waals surface area contributed by atoms with Crippen LogP contribution in [0.15, 0.2) is 54.6 Å². The average Bonchev–Trinajstić information content (AvgIpc) is 2.92. The molecule has 0 aromatic heterocycles. The minimum atomic E-state index is -0.395. The van der Waals surface area contributed by atoms with E-state index in [4.69, 9.17) is 4.74 Å². The summed E-state index contributed by atoms with van der Waals surface area (Å²) in [6.07, 6.45) is 0.808. The van der Waals surface area contributed by atoms with E-state index in [1.807, 2.05) is 44.2 Å². The second-order valence-corrected chi connectivity index (χ2v) is 6.46. The zero-order valence-electron chi connectivity index (χ0n) is 13.7. The Hall–Kier alpha value is -2.17. The largest absolute Gasteiger partial charge is 0.359 e. The third kappa shape index (κ3) is 2.87. The van der Waals surface area contributed by atoms with Crippen LogP contribution in [-0.2, 0) is 15.1 Å². The molecule has 4 heteroatoms. The van der Waals surface area contributed by atoms with Crippen molar-refractivity contribution in [1.29, 1.82) is 0 Å². The zero-order chi connectivity index (χ0) is 16.5. The van der Waals surface area contributed by atoms with Gasteiger partial charge in [0.05, 0.1) is 12.1 Å². The lowest BCUT2D eigenvalue weighted by atomic mass is 9.83. The van der Waals surface area contributed by atoms with E-state index < -0.39 is 5.72 Å². The van der Waals surface area contributed by atoms with E-state index in [0.29, 0.717) is 6.61 Å². The van der Waals surface area contributed by atoms with Gasteiger partial charge in [0, 0.05) is 12.7 Å². The first-order valence-corrected chi connectivity index (χ1v) is 7.74. The second kappa shape index (κ2) is 5.80. The number of benzene rings is 2. The molecule has 0 saturated carbocycles. The highest BCUT2D eigenvalue weighted by atomic mass is 16.5. The molecule has 1 atom stereocenters. The van der Waals surface area contributed by atoms with Crippen molar-refractivity contribution in [1.82, 2.24) is 5.32 Å². The van der Waals surface area contributed by atoms with E-state index in [1.165, 1.54) is 5.56 Å². The summed E-state index contributed by atoms with van der Waals surface area (Å²) < 4.78 is 5.99. The normalized spacial score (nSPS) is 22.7. The van der Waals surface area contributed by atoms with Gasteiger partial charge in [-0.05, 0) is 37.1 Å². The Labute approximate surface area is 137 Å². The lowest BCUT2D eigenvalue weighted by molar-refractivity contribution is -0.107. The summed E-state index contributed by atoms with van der Waals surface area (Å²) in [7, 11) is 1.75. The molecule has 4 nitrogen and oxygen atoms in total. The zero-order valence-corrected chi connectivity index (χ0v) is 13.7. The summed E-state index contributed by atoms with van der Waals surface area (Å²) in [6, 6.07) is 18.4. The van der Waals surface area contributed by atoms with Gasteiger partial charge in [-0.1, -0.05) is 42.5 Å². The quantitative estimate of drug-likeness (QED) is 0.883. The molecule has 1 unspecified atom stereocenters. The molecule has 0 bridgehead atoms. The van der Waals surface area contributed by atoms with Crippen molar-refractivity contribution in [3.05, 3.63) is 65.7 Å². The fourth-order valence-electron chi connectivity index (χ4n) is 3.12. The topological polar surface area (TPSA) is 41.6 Å². The van der Waals surface area contributed by atoms with Gasteiger partial charge in [-0.2, -0.15) is 0 Å². The molecule has 1 aliphatic rings.